The Bertz CT molecular complexity index is 1170. The molecule has 3 rings (SSSR count). The van der Waals surface area contributed by atoms with Gasteiger partial charge in [-0.15, -0.1) is 0 Å². The van der Waals surface area contributed by atoms with E-state index in [0.717, 1.165) is 37.0 Å². The minimum Gasteiger partial charge on any atom is -0.388 e. The van der Waals surface area contributed by atoms with E-state index in [0.29, 0.717) is 31.2 Å². The Morgan fingerprint density at radius 1 is 1.15 bits per heavy atom. The van der Waals surface area contributed by atoms with Crippen LogP contribution in [0.5, 0.6) is 0 Å². The van der Waals surface area contributed by atoms with Crippen molar-refractivity contribution in [3.05, 3.63) is 77.9 Å². The third-order valence-corrected chi connectivity index (χ3v) is 8.31. The molecule has 0 aromatic heterocycles. The fourth-order valence-corrected chi connectivity index (χ4v) is 5.82. The molecule has 7 heteroatoms. The number of Topliss-reactive ketones (excluding diaryl/α,β-unsaturated/α-hetero) is 1. The summed E-state index contributed by atoms with van der Waals surface area (Å²) < 4.78 is 27.8. The molecule has 0 spiro atoms. The monoisotopic (exact) mass is 553 g/mol. The lowest BCUT2D eigenvalue weighted by Crippen LogP contribution is -2.72. The third kappa shape index (κ3) is 8.00. The van der Waals surface area contributed by atoms with Crippen LogP contribution in [0.25, 0.3) is 5.70 Å². The molecule has 0 radical (unpaired) electrons. The van der Waals surface area contributed by atoms with Gasteiger partial charge >= 0.3 is 0 Å². The van der Waals surface area contributed by atoms with Crippen LogP contribution >= 0.6 is 0 Å². The van der Waals surface area contributed by atoms with Gasteiger partial charge in [-0.05, 0) is 49.8 Å². The van der Waals surface area contributed by atoms with E-state index in [1.807, 2.05) is 32.9 Å². The van der Waals surface area contributed by atoms with Gasteiger partial charge in [0.25, 0.3) is 5.91 Å². The minimum atomic E-state index is -0.739. The Morgan fingerprint density at radius 3 is 2.42 bits per heavy atom. The molecule has 2 fully saturated rings. The molecule has 0 atom stereocenters. The van der Waals surface area contributed by atoms with E-state index in [1.165, 1.54) is 31.4 Å². The van der Waals surface area contributed by atoms with Crippen molar-refractivity contribution in [2.24, 2.45) is 5.41 Å². The quantitative estimate of drug-likeness (QED) is 0.167. The van der Waals surface area contributed by atoms with Gasteiger partial charge in [-0.2, -0.15) is 0 Å². The third-order valence-electron chi connectivity index (χ3n) is 8.31. The second-order valence-electron chi connectivity index (χ2n) is 12.0. The first-order valence-corrected chi connectivity index (χ1v) is 14.3. The maximum absolute atomic E-state index is 14.4. The predicted molar refractivity (Wildman–Crippen MR) is 158 cm³/mol. The minimum absolute atomic E-state index is 0.0840. The van der Waals surface area contributed by atoms with Gasteiger partial charge in [0.1, 0.15) is 17.4 Å². The van der Waals surface area contributed by atoms with Crippen LogP contribution in [0, 0.1) is 17.0 Å². The molecule has 1 heterocycles. The number of halogens is 2. The van der Waals surface area contributed by atoms with Gasteiger partial charge in [0.15, 0.2) is 0 Å². The first kappa shape index (κ1) is 31.5. The molecule has 0 unspecified atom stereocenters. The Hall–Kier alpha value is -3.06. The Morgan fingerprint density at radius 2 is 1.82 bits per heavy atom. The number of nitrogens with zero attached hydrogens (tertiary/aromatic N) is 1. The molecule has 0 bridgehead atoms. The van der Waals surface area contributed by atoms with Gasteiger partial charge in [-0.25, -0.2) is 8.78 Å². The molecule has 1 saturated carbocycles. The fourth-order valence-electron chi connectivity index (χ4n) is 5.82. The molecule has 1 amide bonds. The Kier molecular flexibility index (Phi) is 10.6. The molecule has 218 valence electrons. The Balaban J connectivity index is 1.75. The number of hydrogen-bond acceptors (Lipinski definition) is 4. The van der Waals surface area contributed by atoms with Crippen LogP contribution < -0.4 is 10.6 Å². The highest BCUT2D eigenvalue weighted by Gasteiger charge is 2.48. The van der Waals surface area contributed by atoms with Crippen molar-refractivity contribution < 1.29 is 18.4 Å². The van der Waals surface area contributed by atoms with Gasteiger partial charge in [-0.3, -0.25) is 14.5 Å². The van der Waals surface area contributed by atoms with E-state index in [-0.39, 0.29) is 28.8 Å². The van der Waals surface area contributed by atoms with Crippen molar-refractivity contribution in [1.82, 2.24) is 15.5 Å². The number of likely N-dealkylation sites (tertiary alicyclic amines) is 1. The average Bonchev–Trinajstić information content (AvgIpc) is 2.88. The Labute approximate surface area is 238 Å². The van der Waals surface area contributed by atoms with E-state index < -0.39 is 23.1 Å². The molecule has 1 aliphatic carbocycles. The average molecular weight is 554 g/mol. The number of ketones is 1. The van der Waals surface area contributed by atoms with Crippen molar-refractivity contribution in [3.8, 4) is 0 Å². The second kappa shape index (κ2) is 13.5. The molecule has 1 aromatic rings. The lowest BCUT2D eigenvalue weighted by atomic mass is 9.75. The van der Waals surface area contributed by atoms with Crippen molar-refractivity contribution >= 4 is 17.4 Å². The van der Waals surface area contributed by atoms with Crippen LogP contribution in [0.3, 0.4) is 0 Å². The number of benzene rings is 1. The van der Waals surface area contributed by atoms with Gasteiger partial charge in [0, 0.05) is 61.9 Å². The maximum Gasteiger partial charge on any atom is 0.251 e. The van der Waals surface area contributed by atoms with Crippen LogP contribution in [0.4, 0.5) is 8.78 Å². The second-order valence-corrected chi connectivity index (χ2v) is 12.0. The zero-order valence-electron chi connectivity index (χ0n) is 24.5. The van der Waals surface area contributed by atoms with E-state index >= 15 is 0 Å². The van der Waals surface area contributed by atoms with Crippen LogP contribution in [-0.4, -0.2) is 48.3 Å². The summed E-state index contributed by atoms with van der Waals surface area (Å²) in [5, 5.41) is 5.99. The zero-order chi connectivity index (χ0) is 29.5. The zero-order valence-corrected chi connectivity index (χ0v) is 24.5. The number of hydrogen-bond donors (Lipinski definition) is 2. The lowest BCUT2D eigenvalue weighted by Gasteiger charge is -2.54. The smallest absolute Gasteiger partial charge is 0.251 e. The number of amides is 1. The van der Waals surface area contributed by atoms with E-state index in [2.05, 4.69) is 28.7 Å². The molecule has 1 aliphatic heterocycles. The summed E-state index contributed by atoms with van der Waals surface area (Å²) in [5.74, 6) is -1.75. The summed E-state index contributed by atoms with van der Waals surface area (Å²) in [5.41, 5.74) is 0.514. The molecule has 1 saturated heterocycles. The molecule has 2 N–H and O–H groups in total. The molecular weight excluding hydrogens is 508 g/mol. The van der Waals surface area contributed by atoms with Gasteiger partial charge < -0.3 is 10.6 Å². The topological polar surface area (TPSA) is 61.4 Å². The SMILES string of the molecule is C=C(/C=C(\NC)c1ccc(F)cc1F)C(=O)NC1(CC(=O)CC(C)(C)C(=C)C/C=C\C)CN(C2CCCCC2)C1. The number of rotatable bonds is 13. The van der Waals surface area contributed by atoms with Crippen molar-refractivity contribution in [3.63, 3.8) is 0 Å². The van der Waals surface area contributed by atoms with E-state index in [9.17, 15) is 18.4 Å². The fraction of sp³-hybridized carbons (Fsp3) is 0.515. The summed E-state index contributed by atoms with van der Waals surface area (Å²) >= 11 is 0. The lowest BCUT2D eigenvalue weighted by molar-refractivity contribution is -0.129. The summed E-state index contributed by atoms with van der Waals surface area (Å²) in [6.07, 6.45) is 12.7. The van der Waals surface area contributed by atoms with E-state index in [1.54, 1.807) is 7.05 Å². The first-order chi connectivity index (χ1) is 18.9. The largest absolute Gasteiger partial charge is 0.388 e. The summed E-state index contributed by atoms with van der Waals surface area (Å²) in [6.45, 7) is 15.4. The standard InChI is InChI=1S/C33H45F2N3O2/c1-7-8-12-24(3)32(4,5)19-27(39)20-33(21-38(22-33)26-13-10-9-11-14-26)37-31(40)23(2)17-30(36-6)28-16-15-25(34)18-29(28)35/h7-8,15-18,26,36H,2-3,9-14,19-22H2,1,4-6H3,(H,37,40)/b8-7-,30-17-. The summed E-state index contributed by atoms with van der Waals surface area (Å²) in [6, 6.07) is 3.76. The molecule has 5 nitrogen and oxygen atoms in total. The maximum atomic E-state index is 14.4. The summed E-state index contributed by atoms with van der Waals surface area (Å²) in [4.78, 5) is 29.2. The van der Waals surface area contributed by atoms with Crippen LogP contribution in [0.2, 0.25) is 0 Å². The van der Waals surface area contributed by atoms with Crippen molar-refractivity contribution in [2.75, 3.05) is 20.1 Å². The van der Waals surface area contributed by atoms with Gasteiger partial charge in [0.05, 0.1) is 5.54 Å². The first-order valence-electron chi connectivity index (χ1n) is 14.3. The van der Waals surface area contributed by atoms with Gasteiger partial charge in [0.2, 0.25) is 0 Å². The molecule has 2 aliphatic rings. The van der Waals surface area contributed by atoms with Crippen molar-refractivity contribution in [2.45, 2.75) is 83.7 Å². The highest BCUT2D eigenvalue weighted by atomic mass is 19.1. The van der Waals surface area contributed by atoms with Crippen molar-refractivity contribution in [1.29, 1.82) is 0 Å². The molecular formula is C33H45F2N3O2. The number of nitrogens with one attached hydrogen (secondary N) is 2. The van der Waals surface area contributed by atoms with Gasteiger partial charge in [-0.1, -0.05) is 64.0 Å². The van der Waals surface area contributed by atoms with Crippen LogP contribution in [0.1, 0.15) is 77.7 Å². The number of carbonyl (C=O) groups excluding carboxylic acids is 2. The summed E-state index contributed by atoms with van der Waals surface area (Å²) in [7, 11) is 1.60. The normalized spacial score (nSPS) is 18.3. The van der Waals surface area contributed by atoms with Crippen LogP contribution in [-0.2, 0) is 9.59 Å². The highest BCUT2D eigenvalue weighted by Crippen LogP contribution is 2.37. The number of allylic oxidation sites excluding steroid dienone is 3. The van der Waals surface area contributed by atoms with Crippen LogP contribution in [0.15, 0.2) is 60.7 Å². The highest BCUT2D eigenvalue weighted by molar-refractivity contribution is 5.98. The molecule has 1 aromatic carbocycles. The van der Waals surface area contributed by atoms with E-state index in [4.69, 9.17) is 0 Å². The molecule has 40 heavy (non-hydrogen) atoms. The predicted octanol–water partition coefficient (Wildman–Crippen LogP) is 6.48. The number of carbonyl (C=O) groups is 2.